The minimum absolute atomic E-state index is 0.0706. The van der Waals surface area contributed by atoms with Crippen molar-refractivity contribution in [1.29, 1.82) is 0 Å². The molecule has 4 heteroatoms. The Balaban J connectivity index is 1.82. The molecule has 0 saturated carbocycles. The lowest BCUT2D eigenvalue weighted by atomic mass is 9.98. The normalized spacial score (nSPS) is 37.3. The largest absolute Gasteiger partial charge is 0.311 e. The van der Waals surface area contributed by atoms with Crippen LogP contribution in [0.25, 0.3) is 0 Å². The molecule has 17 heavy (non-hydrogen) atoms. The third kappa shape index (κ3) is 1.54. The molecule has 2 atom stereocenters. The van der Waals surface area contributed by atoms with E-state index in [4.69, 9.17) is 0 Å². The van der Waals surface area contributed by atoms with Crippen LogP contribution >= 0.6 is 0 Å². The Morgan fingerprint density at radius 3 is 1.94 bits per heavy atom. The van der Waals surface area contributed by atoms with Crippen LogP contribution in [0.2, 0.25) is 0 Å². The second-order valence-electron chi connectivity index (χ2n) is 5.49. The van der Waals surface area contributed by atoms with E-state index in [1.807, 2.05) is 0 Å². The molecule has 3 rings (SSSR count). The number of hydrogen-bond acceptors (Lipinski definition) is 3. The summed E-state index contributed by atoms with van der Waals surface area (Å²) in [7, 11) is 0. The van der Waals surface area contributed by atoms with Crippen molar-refractivity contribution in [2.45, 2.75) is 57.7 Å². The quantitative estimate of drug-likeness (QED) is 0.688. The molecule has 0 spiro atoms. The van der Waals surface area contributed by atoms with Crippen molar-refractivity contribution in [3.63, 3.8) is 0 Å². The fraction of sp³-hybridized carbons (Fsp3) is 0.692. The molecule has 3 aliphatic rings. The highest BCUT2D eigenvalue weighted by atomic mass is 16.2. The highest BCUT2D eigenvalue weighted by Crippen LogP contribution is 2.33. The average Bonchev–Trinajstić information content (AvgIpc) is 2.74. The van der Waals surface area contributed by atoms with Gasteiger partial charge in [-0.2, -0.15) is 0 Å². The van der Waals surface area contributed by atoms with Crippen LogP contribution in [0, 0.1) is 0 Å². The van der Waals surface area contributed by atoms with E-state index in [9.17, 15) is 9.59 Å². The van der Waals surface area contributed by atoms with E-state index in [2.05, 4.69) is 5.32 Å². The molecule has 0 aliphatic carbocycles. The maximum Gasteiger partial charge on any atom is 0.257 e. The summed E-state index contributed by atoms with van der Waals surface area (Å²) in [5.41, 5.74) is 1.25. The molecule has 4 nitrogen and oxygen atoms in total. The molecular formula is C13H18N2O2. The standard InChI is InChI=1S/C13H18N2O2/c1-7-8(2)13(17)15(12(7)16)11-5-9-3-4-10(6-11)14-9/h9-11,14H,3-6H2,1-2H3. The fourth-order valence-electron chi connectivity index (χ4n) is 3.34. The number of imide groups is 1. The van der Waals surface area contributed by atoms with E-state index in [0.29, 0.717) is 23.2 Å². The minimum atomic E-state index is -0.0706. The molecule has 2 unspecified atom stereocenters. The number of nitrogens with zero attached hydrogens (tertiary/aromatic N) is 1. The predicted molar refractivity (Wildman–Crippen MR) is 63.2 cm³/mol. The highest BCUT2D eigenvalue weighted by molar-refractivity contribution is 6.19. The van der Waals surface area contributed by atoms with Crippen molar-refractivity contribution >= 4 is 11.8 Å². The molecule has 0 aromatic rings. The highest BCUT2D eigenvalue weighted by Gasteiger charge is 2.43. The van der Waals surface area contributed by atoms with Crippen molar-refractivity contribution in [2.24, 2.45) is 0 Å². The summed E-state index contributed by atoms with van der Waals surface area (Å²) in [5.74, 6) is -0.141. The van der Waals surface area contributed by atoms with Gasteiger partial charge in [0.2, 0.25) is 0 Å². The number of carbonyl (C=O) groups excluding carboxylic acids is 2. The summed E-state index contributed by atoms with van der Waals surface area (Å²) >= 11 is 0. The summed E-state index contributed by atoms with van der Waals surface area (Å²) in [4.78, 5) is 25.7. The Morgan fingerprint density at radius 2 is 1.47 bits per heavy atom. The van der Waals surface area contributed by atoms with E-state index in [-0.39, 0.29) is 17.9 Å². The number of piperidine rings is 1. The Hall–Kier alpha value is -1.16. The molecule has 3 aliphatic heterocycles. The zero-order valence-corrected chi connectivity index (χ0v) is 10.3. The van der Waals surface area contributed by atoms with Gasteiger partial charge in [0.15, 0.2) is 0 Å². The van der Waals surface area contributed by atoms with Gasteiger partial charge in [0.25, 0.3) is 11.8 Å². The molecule has 0 radical (unpaired) electrons. The molecule has 2 saturated heterocycles. The molecule has 3 heterocycles. The van der Waals surface area contributed by atoms with Crippen LogP contribution in [0.5, 0.6) is 0 Å². The van der Waals surface area contributed by atoms with Gasteiger partial charge in [-0.15, -0.1) is 0 Å². The Kier molecular flexibility index (Phi) is 2.36. The van der Waals surface area contributed by atoms with Gasteiger partial charge >= 0.3 is 0 Å². The first kappa shape index (κ1) is 11.0. The van der Waals surface area contributed by atoms with Crippen LogP contribution in [-0.4, -0.2) is 34.8 Å². The van der Waals surface area contributed by atoms with E-state index >= 15 is 0 Å². The van der Waals surface area contributed by atoms with E-state index in [1.54, 1.807) is 13.8 Å². The number of hydrogen-bond donors (Lipinski definition) is 1. The van der Waals surface area contributed by atoms with Gasteiger partial charge in [0.05, 0.1) is 0 Å². The van der Waals surface area contributed by atoms with Gasteiger partial charge in [-0.05, 0) is 39.5 Å². The summed E-state index contributed by atoms with van der Waals surface area (Å²) in [6, 6.07) is 1.11. The minimum Gasteiger partial charge on any atom is -0.311 e. The topological polar surface area (TPSA) is 49.4 Å². The van der Waals surface area contributed by atoms with Crippen LogP contribution in [0.15, 0.2) is 11.1 Å². The average molecular weight is 234 g/mol. The molecule has 92 valence electrons. The first-order valence-corrected chi connectivity index (χ1v) is 6.39. The summed E-state index contributed by atoms with van der Waals surface area (Å²) in [6.07, 6.45) is 4.22. The van der Waals surface area contributed by atoms with E-state index in [0.717, 1.165) is 12.8 Å². The summed E-state index contributed by atoms with van der Waals surface area (Å²) in [6.45, 7) is 3.51. The maximum atomic E-state index is 12.1. The zero-order valence-electron chi connectivity index (χ0n) is 10.3. The Bertz CT molecular complexity index is 391. The first-order chi connectivity index (χ1) is 8.08. The van der Waals surface area contributed by atoms with Crippen molar-refractivity contribution < 1.29 is 9.59 Å². The summed E-state index contributed by atoms with van der Waals surface area (Å²) < 4.78 is 0. The van der Waals surface area contributed by atoms with E-state index in [1.165, 1.54) is 17.7 Å². The molecular weight excluding hydrogens is 216 g/mol. The van der Waals surface area contributed by atoms with Gasteiger partial charge < -0.3 is 5.32 Å². The Labute approximate surface area is 101 Å². The summed E-state index contributed by atoms with van der Waals surface area (Å²) in [5, 5.41) is 3.53. The first-order valence-electron chi connectivity index (χ1n) is 6.39. The second kappa shape index (κ2) is 3.67. The number of amides is 2. The zero-order chi connectivity index (χ0) is 12.2. The lowest BCUT2D eigenvalue weighted by molar-refractivity contribution is -0.141. The van der Waals surface area contributed by atoms with Gasteiger partial charge in [-0.25, -0.2) is 0 Å². The smallest absolute Gasteiger partial charge is 0.257 e. The lowest BCUT2D eigenvalue weighted by Gasteiger charge is -2.34. The number of fused-ring (bicyclic) bond motifs is 2. The third-order valence-corrected chi connectivity index (χ3v) is 4.46. The van der Waals surface area contributed by atoms with Gasteiger partial charge in [0.1, 0.15) is 0 Å². The molecule has 2 bridgehead atoms. The van der Waals surface area contributed by atoms with Crippen molar-refractivity contribution in [1.82, 2.24) is 10.2 Å². The van der Waals surface area contributed by atoms with E-state index < -0.39 is 0 Å². The van der Waals surface area contributed by atoms with Crippen LogP contribution < -0.4 is 5.32 Å². The van der Waals surface area contributed by atoms with Crippen molar-refractivity contribution in [2.75, 3.05) is 0 Å². The lowest BCUT2D eigenvalue weighted by Crippen LogP contribution is -2.50. The molecule has 1 N–H and O–H groups in total. The number of carbonyl (C=O) groups is 2. The van der Waals surface area contributed by atoms with Gasteiger partial charge in [0, 0.05) is 29.3 Å². The van der Waals surface area contributed by atoms with Gasteiger partial charge in [-0.1, -0.05) is 0 Å². The molecule has 0 aromatic heterocycles. The monoisotopic (exact) mass is 234 g/mol. The SMILES string of the molecule is CC1=C(C)C(=O)N(C2CC3CCC(C2)N3)C1=O. The third-order valence-electron chi connectivity index (χ3n) is 4.46. The second-order valence-corrected chi connectivity index (χ2v) is 5.49. The molecule has 2 fully saturated rings. The van der Waals surface area contributed by atoms with Crippen molar-refractivity contribution in [3.8, 4) is 0 Å². The fourth-order valence-corrected chi connectivity index (χ4v) is 3.34. The number of nitrogens with one attached hydrogen (secondary N) is 1. The number of rotatable bonds is 1. The van der Waals surface area contributed by atoms with Crippen LogP contribution in [0.3, 0.4) is 0 Å². The van der Waals surface area contributed by atoms with Gasteiger partial charge in [-0.3, -0.25) is 14.5 Å². The predicted octanol–water partition coefficient (Wildman–Crippen LogP) is 0.975. The van der Waals surface area contributed by atoms with Crippen molar-refractivity contribution in [3.05, 3.63) is 11.1 Å². The Morgan fingerprint density at radius 1 is 1.00 bits per heavy atom. The maximum absolute atomic E-state index is 12.1. The molecule has 0 aromatic carbocycles. The van der Waals surface area contributed by atoms with Crippen LogP contribution in [-0.2, 0) is 9.59 Å². The van der Waals surface area contributed by atoms with Crippen LogP contribution in [0.4, 0.5) is 0 Å². The van der Waals surface area contributed by atoms with Crippen LogP contribution in [0.1, 0.15) is 39.5 Å². The molecule has 2 amide bonds.